The van der Waals surface area contributed by atoms with Gasteiger partial charge in [0.25, 0.3) is 5.91 Å². The van der Waals surface area contributed by atoms with E-state index in [2.05, 4.69) is 4.72 Å². The van der Waals surface area contributed by atoms with E-state index in [4.69, 9.17) is 9.94 Å². The van der Waals surface area contributed by atoms with Gasteiger partial charge in [-0.15, -0.1) is 0 Å². The molecule has 1 atom stereocenters. The first-order valence-corrected chi connectivity index (χ1v) is 11.4. The largest absolute Gasteiger partial charge is 0.489 e. The van der Waals surface area contributed by atoms with Crippen LogP contribution in [0.4, 0.5) is 0 Å². The molecule has 1 amide bonds. The summed E-state index contributed by atoms with van der Waals surface area (Å²) in [7, 11) is -3.81. The fourth-order valence-corrected chi connectivity index (χ4v) is 4.46. The van der Waals surface area contributed by atoms with Gasteiger partial charge in [-0.25, -0.2) is 18.6 Å². The van der Waals surface area contributed by atoms with Crippen LogP contribution in [-0.2, 0) is 21.4 Å². The van der Waals surface area contributed by atoms with Crippen LogP contribution >= 0.6 is 0 Å². The molecular formula is C21H27N3O5S. The number of amides is 1. The lowest BCUT2D eigenvalue weighted by atomic mass is 10.1. The van der Waals surface area contributed by atoms with Gasteiger partial charge in [-0.2, -0.15) is 0 Å². The predicted molar refractivity (Wildman–Crippen MR) is 112 cm³/mol. The van der Waals surface area contributed by atoms with Crippen LogP contribution in [0.25, 0.3) is 0 Å². The summed E-state index contributed by atoms with van der Waals surface area (Å²) in [4.78, 5) is 14.0. The highest BCUT2D eigenvalue weighted by atomic mass is 32.2. The van der Waals surface area contributed by atoms with Gasteiger partial charge in [-0.1, -0.05) is 36.8 Å². The van der Waals surface area contributed by atoms with E-state index in [9.17, 15) is 13.2 Å². The molecule has 1 heterocycles. The zero-order valence-corrected chi connectivity index (χ0v) is 17.5. The number of likely N-dealkylation sites (tertiary alicyclic amines) is 1. The highest BCUT2D eigenvalue weighted by Gasteiger charge is 2.28. The van der Waals surface area contributed by atoms with Crippen LogP contribution in [-0.4, -0.2) is 50.1 Å². The Morgan fingerprint density at radius 2 is 1.70 bits per heavy atom. The van der Waals surface area contributed by atoms with Crippen molar-refractivity contribution in [3.63, 3.8) is 0 Å². The van der Waals surface area contributed by atoms with E-state index in [1.165, 1.54) is 12.1 Å². The third kappa shape index (κ3) is 6.02. The number of rotatable bonds is 9. The lowest BCUT2D eigenvalue weighted by Gasteiger charge is -2.33. The second-order valence-corrected chi connectivity index (χ2v) is 8.95. The van der Waals surface area contributed by atoms with E-state index in [0.717, 1.165) is 24.8 Å². The minimum absolute atomic E-state index is 0.0800. The number of hydroxylamine groups is 1. The summed E-state index contributed by atoms with van der Waals surface area (Å²) in [6.45, 7) is 1.64. The van der Waals surface area contributed by atoms with Gasteiger partial charge in [-0.05, 0) is 55.8 Å². The topological polar surface area (TPSA) is 108 Å². The quantitative estimate of drug-likeness (QED) is 0.412. The van der Waals surface area contributed by atoms with Gasteiger partial charge < -0.3 is 4.74 Å². The van der Waals surface area contributed by atoms with E-state index in [-0.39, 0.29) is 11.4 Å². The molecule has 3 N–H and O–H groups in total. The molecule has 0 aromatic heterocycles. The number of sulfonamides is 1. The molecule has 1 aliphatic rings. The second-order valence-electron chi connectivity index (χ2n) is 7.19. The summed E-state index contributed by atoms with van der Waals surface area (Å²) in [5.41, 5.74) is 2.66. The van der Waals surface area contributed by atoms with Crippen molar-refractivity contribution >= 4 is 15.9 Å². The van der Waals surface area contributed by atoms with E-state index < -0.39 is 22.0 Å². The number of benzene rings is 2. The van der Waals surface area contributed by atoms with Crippen molar-refractivity contribution in [3.05, 3.63) is 60.2 Å². The molecule has 3 rings (SSSR count). The normalized spacial score (nSPS) is 16.0. The van der Waals surface area contributed by atoms with Gasteiger partial charge in [0.2, 0.25) is 10.0 Å². The molecule has 1 fully saturated rings. The van der Waals surface area contributed by atoms with Crippen molar-refractivity contribution in [2.24, 2.45) is 0 Å². The first kappa shape index (κ1) is 22.2. The molecule has 0 aliphatic carbocycles. The Kier molecular flexibility index (Phi) is 7.81. The van der Waals surface area contributed by atoms with Crippen LogP contribution in [0.2, 0.25) is 0 Å². The standard InChI is InChI=1S/C21H27N3O5S/c25-21(23-26)20(24-13-5-2-6-14-24)15-22-30(27,28)19-11-9-18(10-12-19)29-16-17-7-3-1-4-8-17/h1,3-4,7-12,20,22,26H,2,5-6,13-16H2,(H,23,25). The average Bonchev–Trinajstić information content (AvgIpc) is 2.79. The van der Waals surface area contributed by atoms with Crippen LogP contribution in [0.15, 0.2) is 59.5 Å². The summed E-state index contributed by atoms with van der Waals surface area (Å²) < 4.78 is 33.5. The van der Waals surface area contributed by atoms with E-state index in [1.807, 2.05) is 35.2 Å². The van der Waals surface area contributed by atoms with Crippen molar-refractivity contribution in [1.29, 1.82) is 0 Å². The number of nitrogens with one attached hydrogen (secondary N) is 2. The SMILES string of the molecule is O=C(NO)C(CNS(=O)(=O)c1ccc(OCc2ccccc2)cc1)N1CCCCC1. The first-order valence-electron chi connectivity index (χ1n) is 9.94. The van der Waals surface area contributed by atoms with Crippen molar-refractivity contribution in [3.8, 4) is 5.75 Å². The zero-order valence-electron chi connectivity index (χ0n) is 16.7. The van der Waals surface area contributed by atoms with Crippen molar-refractivity contribution < 1.29 is 23.2 Å². The lowest BCUT2D eigenvalue weighted by Crippen LogP contribution is -2.53. The van der Waals surface area contributed by atoms with Crippen LogP contribution in [0.5, 0.6) is 5.75 Å². The molecule has 2 aromatic carbocycles. The molecule has 8 nitrogen and oxygen atoms in total. The fraction of sp³-hybridized carbons (Fsp3) is 0.381. The Bertz CT molecular complexity index is 913. The molecule has 0 spiro atoms. The molecule has 30 heavy (non-hydrogen) atoms. The monoisotopic (exact) mass is 433 g/mol. The summed E-state index contributed by atoms with van der Waals surface area (Å²) in [6, 6.07) is 15.0. The lowest BCUT2D eigenvalue weighted by molar-refractivity contribution is -0.135. The number of nitrogens with zero attached hydrogens (tertiary/aromatic N) is 1. The van der Waals surface area contributed by atoms with Crippen LogP contribution in [0.1, 0.15) is 24.8 Å². The third-order valence-corrected chi connectivity index (χ3v) is 6.53. The molecule has 1 aliphatic heterocycles. The number of hydrogen-bond acceptors (Lipinski definition) is 6. The Labute approximate surface area is 176 Å². The van der Waals surface area contributed by atoms with Gasteiger partial charge >= 0.3 is 0 Å². The maximum atomic E-state index is 12.7. The second kappa shape index (κ2) is 10.5. The number of ether oxygens (including phenoxy) is 1. The van der Waals surface area contributed by atoms with Gasteiger partial charge in [-0.3, -0.25) is 14.9 Å². The highest BCUT2D eigenvalue weighted by molar-refractivity contribution is 7.89. The van der Waals surface area contributed by atoms with Gasteiger partial charge in [0.05, 0.1) is 4.90 Å². The molecule has 1 unspecified atom stereocenters. The summed E-state index contributed by atoms with van der Waals surface area (Å²) in [5.74, 6) is -0.0621. The minimum atomic E-state index is -3.81. The summed E-state index contributed by atoms with van der Waals surface area (Å²) in [5, 5.41) is 9.03. The van der Waals surface area contributed by atoms with Crippen molar-refractivity contribution in [1.82, 2.24) is 15.1 Å². The minimum Gasteiger partial charge on any atom is -0.489 e. The van der Waals surface area contributed by atoms with Crippen LogP contribution in [0.3, 0.4) is 0 Å². The van der Waals surface area contributed by atoms with Crippen LogP contribution in [0, 0.1) is 0 Å². The molecule has 162 valence electrons. The average molecular weight is 434 g/mol. The number of hydrogen-bond donors (Lipinski definition) is 3. The predicted octanol–water partition coefficient (Wildman–Crippen LogP) is 1.90. The molecule has 9 heteroatoms. The molecule has 0 bridgehead atoms. The number of piperidine rings is 1. The molecule has 2 aromatic rings. The first-order chi connectivity index (χ1) is 14.5. The van der Waals surface area contributed by atoms with E-state index >= 15 is 0 Å². The molecule has 1 saturated heterocycles. The fourth-order valence-electron chi connectivity index (χ4n) is 3.42. The maximum absolute atomic E-state index is 12.7. The van der Waals surface area contributed by atoms with Crippen molar-refractivity contribution in [2.45, 2.75) is 36.8 Å². The smallest absolute Gasteiger partial charge is 0.262 e. The summed E-state index contributed by atoms with van der Waals surface area (Å²) >= 11 is 0. The Morgan fingerprint density at radius 1 is 1.03 bits per heavy atom. The van der Waals surface area contributed by atoms with Crippen molar-refractivity contribution in [2.75, 3.05) is 19.6 Å². The maximum Gasteiger partial charge on any atom is 0.262 e. The van der Waals surface area contributed by atoms with Gasteiger partial charge in [0.1, 0.15) is 18.4 Å². The highest BCUT2D eigenvalue weighted by Crippen LogP contribution is 2.18. The molecule has 0 radical (unpaired) electrons. The van der Waals surface area contributed by atoms with Gasteiger partial charge in [0, 0.05) is 6.54 Å². The Morgan fingerprint density at radius 3 is 2.33 bits per heavy atom. The van der Waals surface area contributed by atoms with Crippen LogP contribution < -0.4 is 14.9 Å². The number of carbonyl (C=O) groups excluding carboxylic acids is 1. The Balaban J connectivity index is 1.60. The Hall–Kier alpha value is -2.46. The summed E-state index contributed by atoms with van der Waals surface area (Å²) in [6.07, 6.45) is 2.95. The zero-order chi connectivity index (χ0) is 21.4. The van der Waals surface area contributed by atoms with Gasteiger partial charge in [0.15, 0.2) is 0 Å². The third-order valence-electron chi connectivity index (χ3n) is 5.09. The molecular weight excluding hydrogens is 406 g/mol. The number of carbonyl (C=O) groups is 1. The molecule has 0 saturated carbocycles. The van der Waals surface area contributed by atoms with E-state index in [1.54, 1.807) is 17.6 Å². The van der Waals surface area contributed by atoms with E-state index in [0.29, 0.717) is 25.4 Å².